The predicted molar refractivity (Wildman–Crippen MR) is 35.2 cm³/mol. The van der Waals surface area contributed by atoms with Gasteiger partial charge in [-0.25, -0.2) is 0 Å². The second kappa shape index (κ2) is 2.58. The van der Waals surface area contributed by atoms with E-state index in [1.165, 1.54) is 7.11 Å². The van der Waals surface area contributed by atoms with Crippen molar-refractivity contribution in [3.63, 3.8) is 0 Å². The third-order valence-electron chi connectivity index (χ3n) is 2.25. The van der Waals surface area contributed by atoms with Gasteiger partial charge in [0.05, 0.1) is 13.0 Å². The van der Waals surface area contributed by atoms with Crippen molar-refractivity contribution >= 4 is 5.97 Å². The minimum atomic E-state index is -0.188. The first-order chi connectivity index (χ1) is 4.72. The fraction of sp³-hybridized carbons (Fsp3) is 0.857. The van der Waals surface area contributed by atoms with Crippen molar-refractivity contribution < 1.29 is 14.6 Å². The van der Waals surface area contributed by atoms with Gasteiger partial charge in [0.25, 0.3) is 0 Å². The summed E-state index contributed by atoms with van der Waals surface area (Å²) in [6, 6.07) is 0. The maximum absolute atomic E-state index is 10.8. The minimum Gasteiger partial charge on any atom is -0.469 e. The van der Waals surface area contributed by atoms with E-state index in [4.69, 9.17) is 5.11 Å². The molecule has 1 fully saturated rings. The van der Waals surface area contributed by atoms with Crippen molar-refractivity contribution in [1.82, 2.24) is 0 Å². The number of esters is 1. The van der Waals surface area contributed by atoms with Gasteiger partial charge in [-0.1, -0.05) is 6.92 Å². The van der Waals surface area contributed by atoms with Gasteiger partial charge in [0.2, 0.25) is 0 Å². The van der Waals surface area contributed by atoms with Crippen LogP contribution in [0.15, 0.2) is 0 Å². The lowest BCUT2D eigenvalue weighted by Gasteiger charge is -1.93. The average molecular weight is 144 g/mol. The molecule has 1 N–H and O–H groups in total. The molecule has 0 radical (unpaired) electrons. The lowest BCUT2D eigenvalue weighted by Crippen LogP contribution is -2.05. The topological polar surface area (TPSA) is 46.5 Å². The molecule has 10 heavy (non-hydrogen) atoms. The second-order valence-electron chi connectivity index (χ2n) is 2.75. The predicted octanol–water partition coefficient (Wildman–Crippen LogP) is 0.0338. The number of carbonyl (C=O) groups excluding carboxylic acids is 1. The number of aliphatic hydroxyl groups is 1. The Hall–Kier alpha value is -0.570. The van der Waals surface area contributed by atoms with E-state index in [2.05, 4.69) is 4.74 Å². The van der Waals surface area contributed by atoms with Crippen LogP contribution in [0.25, 0.3) is 0 Å². The standard InChI is InChI=1S/C7H12O3/c1-4-5(3-8)6(4)7(9)10-2/h4-6,8H,3H2,1-2H3/t4-,5+,6-/m1/s1. The highest BCUT2D eigenvalue weighted by molar-refractivity contribution is 5.76. The molecule has 3 atom stereocenters. The summed E-state index contributed by atoms with van der Waals surface area (Å²) in [6.07, 6.45) is 0. The van der Waals surface area contributed by atoms with Crippen LogP contribution >= 0.6 is 0 Å². The molecule has 1 aliphatic rings. The minimum absolute atomic E-state index is 0.0463. The monoisotopic (exact) mass is 144 g/mol. The molecule has 0 aromatic rings. The molecule has 3 nitrogen and oxygen atoms in total. The molecule has 1 rings (SSSR count). The van der Waals surface area contributed by atoms with Gasteiger partial charge in [0, 0.05) is 6.61 Å². The largest absolute Gasteiger partial charge is 0.469 e. The van der Waals surface area contributed by atoms with Gasteiger partial charge in [0.15, 0.2) is 0 Å². The molecule has 0 saturated heterocycles. The molecule has 0 bridgehead atoms. The fourth-order valence-corrected chi connectivity index (χ4v) is 1.35. The Morgan fingerprint density at radius 3 is 2.60 bits per heavy atom. The number of rotatable bonds is 2. The summed E-state index contributed by atoms with van der Waals surface area (Å²) in [4.78, 5) is 10.8. The molecule has 58 valence electrons. The van der Waals surface area contributed by atoms with Gasteiger partial charge in [0.1, 0.15) is 0 Å². The maximum atomic E-state index is 10.8. The molecule has 0 unspecified atom stereocenters. The van der Waals surface area contributed by atoms with Gasteiger partial charge < -0.3 is 9.84 Å². The van der Waals surface area contributed by atoms with Crippen LogP contribution in [-0.4, -0.2) is 24.8 Å². The third-order valence-corrected chi connectivity index (χ3v) is 2.25. The molecule has 0 amide bonds. The van der Waals surface area contributed by atoms with Crippen LogP contribution in [0, 0.1) is 17.8 Å². The second-order valence-corrected chi connectivity index (χ2v) is 2.75. The van der Waals surface area contributed by atoms with Crippen LogP contribution in [0.3, 0.4) is 0 Å². The van der Waals surface area contributed by atoms with Crippen molar-refractivity contribution in [3.8, 4) is 0 Å². The number of carbonyl (C=O) groups is 1. The average Bonchev–Trinajstić information content (AvgIpc) is 2.59. The number of methoxy groups -OCH3 is 1. The first-order valence-electron chi connectivity index (χ1n) is 3.41. The molecule has 3 heteroatoms. The molecule has 0 heterocycles. The zero-order valence-electron chi connectivity index (χ0n) is 6.20. The quantitative estimate of drug-likeness (QED) is 0.556. The maximum Gasteiger partial charge on any atom is 0.309 e. The van der Waals surface area contributed by atoms with Crippen molar-refractivity contribution in [2.24, 2.45) is 17.8 Å². The molecule has 1 saturated carbocycles. The molecule has 0 aromatic heterocycles. The van der Waals surface area contributed by atoms with Crippen molar-refractivity contribution in [1.29, 1.82) is 0 Å². The van der Waals surface area contributed by atoms with E-state index in [0.717, 1.165) is 0 Å². The van der Waals surface area contributed by atoms with E-state index in [9.17, 15) is 4.79 Å². The smallest absolute Gasteiger partial charge is 0.309 e. The van der Waals surface area contributed by atoms with Crippen molar-refractivity contribution in [3.05, 3.63) is 0 Å². The van der Waals surface area contributed by atoms with E-state index >= 15 is 0 Å². The summed E-state index contributed by atoms with van der Waals surface area (Å²) < 4.78 is 4.53. The van der Waals surface area contributed by atoms with E-state index in [1.807, 2.05) is 6.92 Å². The Morgan fingerprint density at radius 1 is 1.70 bits per heavy atom. The summed E-state index contributed by atoms with van der Waals surface area (Å²) in [5, 5.41) is 8.68. The van der Waals surface area contributed by atoms with Crippen molar-refractivity contribution in [2.75, 3.05) is 13.7 Å². The molecular weight excluding hydrogens is 132 g/mol. The first-order valence-corrected chi connectivity index (χ1v) is 3.41. The summed E-state index contributed by atoms with van der Waals surface area (Å²) in [5.41, 5.74) is 0. The molecule has 1 aliphatic carbocycles. The number of hydrogen-bond donors (Lipinski definition) is 1. The van der Waals surface area contributed by atoms with Crippen LogP contribution in [0.4, 0.5) is 0 Å². The molecule has 0 aromatic carbocycles. The third kappa shape index (κ3) is 1.01. The van der Waals surface area contributed by atoms with E-state index in [0.29, 0.717) is 5.92 Å². The highest BCUT2D eigenvalue weighted by atomic mass is 16.5. The summed E-state index contributed by atoms with van der Waals surface area (Å²) in [7, 11) is 1.38. The summed E-state index contributed by atoms with van der Waals surface area (Å²) >= 11 is 0. The Morgan fingerprint density at radius 2 is 2.30 bits per heavy atom. The molecule has 0 aliphatic heterocycles. The summed E-state index contributed by atoms with van der Waals surface area (Å²) in [6.45, 7) is 2.05. The fourth-order valence-electron chi connectivity index (χ4n) is 1.35. The molecular formula is C7H12O3. The normalized spacial score (nSPS) is 37.3. The summed E-state index contributed by atoms with van der Waals surface area (Å²) in [5.74, 6) is 0.214. The van der Waals surface area contributed by atoms with Crippen molar-refractivity contribution in [2.45, 2.75) is 6.92 Å². The Kier molecular flexibility index (Phi) is 1.94. The zero-order valence-corrected chi connectivity index (χ0v) is 6.20. The van der Waals surface area contributed by atoms with Gasteiger partial charge >= 0.3 is 5.97 Å². The van der Waals surface area contributed by atoms with Crippen LogP contribution in [-0.2, 0) is 9.53 Å². The van der Waals surface area contributed by atoms with Gasteiger partial charge in [-0.3, -0.25) is 4.79 Å². The highest BCUT2D eigenvalue weighted by Crippen LogP contribution is 2.45. The number of aliphatic hydroxyl groups excluding tert-OH is 1. The first kappa shape index (κ1) is 7.54. The zero-order chi connectivity index (χ0) is 7.72. The lowest BCUT2D eigenvalue weighted by molar-refractivity contribution is -0.142. The van der Waals surface area contributed by atoms with Gasteiger partial charge in [-0.15, -0.1) is 0 Å². The highest BCUT2D eigenvalue weighted by Gasteiger charge is 2.51. The lowest BCUT2D eigenvalue weighted by atomic mass is 10.3. The van der Waals surface area contributed by atoms with E-state index in [-0.39, 0.29) is 24.4 Å². The van der Waals surface area contributed by atoms with Gasteiger partial charge in [-0.2, -0.15) is 0 Å². The number of ether oxygens (including phenoxy) is 1. The van der Waals surface area contributed by atoms with Gasteiger partial charge in [-0.05, 0) is 11.8 Å². The van der Waals surface area contributed by atoms with Crippen LogP contribution in [0.5, 0.6) is 0 Å². The Bertz CT molecular complexity index is 144. The van der Waals surface area contributed by atoms with Crippen LogP contribution < -0.4 is 0 Å². The van der Waals surface area contributed by atoms with E-state index < -0.39 is 0 Å². The Balaban J connectivity index is 2.40. The van der Waals surface area contributed by atoms with Crippen LogP contribution in [0.1, 0.15) is 6.92 Å². The SMILES string of the molecule is COC(=O)[C@@H]1[C@H](C)[C@@H]1CO. The molecule has 0 spiro atoms. The van der Waals surface area contributed by atoms with Crippen LogP contribution in [0.2, 0.25) is 0 Å². The Labute approximate surface area is 60.0 Å². The number of hydrogen-bond acceptors (Lipinski definition) is 3. The van der Waals surface area contributed by atoms with E-state index in [1.54, 1.807) is 0 Å².